The second-order valence-corrected chi connectivity index (χ2v) is 10.5. The monoisotopic (exact) mass is 447 g/mol. The van der Waals surface area contributed by atoms with Crippen molar-refractivity contribution in [1.82, 2.24) is 10.3 Å². The molecule has 0 radical (unpaired) electrons. The number of aliphatic hydroxyl groups excluding tert-OH is 1. The Bertz CT molecular complexity index is 856. The van der Waals surface area contributed by atoms with E-state index in [4.69, 9.17) is 4.74 Å². The standard InChI is InChI=1S/C22H29N3O3S2/c1-14-6-8-16(10-15-4-2-3-5-15)17(9-7-14)25-19(26)11-23-22-24-12-20(30-22)29-13-18-21(27)28-18/h6-7,9,12,15,18,21,27H,2-5,8,10-11,13H2,1H3,(H,23,24)(H,25,26). The molecule has 1 aromatic rings. The zero-order valence-corrected chi connectivity index (χ0v) is 18.9. The molecule has 6 nitrogen and oxygen atoms in total. The maximum absolute atomic E-state index is 12.6. The van der Waals surface area contributed by atoms with Crippen molar-refractivity contribution >= 4 is 34.1 Å². The van der Waals surface area contributed by atoms with Crippen molar-refractivity contribution < 1.29 is 14.6 Å². The van der Waals surface area contributed by atoms with E-state index in [0.717, 1.165) is 33.8 Å². The molecule has 2 atom stereocenters. The Kier molecular flexibility index (Phi) is 7.30. The number of aliphatic hydroxyl groups is 1. The molecule has 3 aliphatic rings. The third-order valence-corrected chi connectivity index (χ3v) is 7.92. The summed E-state index contributed by atoms with van der Waals surface area (Å²) in [6, 6.07) is 0. The van der Waals surface area contributed by atoms with Gasteiger partial charge in [0.2, 0.25) is 5.91 Å². The number of hydrogen-bond donors (Lipinski definition) is 3. The number of anilines is 1. The summed E-state index contributed by atoms with van der Waals surface area (Å²) in [7, 11) is 0. The number of carbonyl (C=O) groups excluding carboxylic acids is 1. The van der Waals surface area contributed by atoms with Gasteiger partial charge in [-0.3, -0.25) is 4.79 Å². The predicted molar refractivity (Wildman–Crippen MR) is 121 cm³/mol. The third-order valence-electron chi connectivity index (χ3n) is 5.68. The fourth-order valence-corrected chi connectivity index (χ4v) is 5.78. The van der Waals surface area contributed by atoms with Gasteiger partial charge in [-0.15, -0.1) is 11.8 Å². The van der Waals surface area contributed by atoms with E-state index >= 15 is 0 Å². The molecule has 162 valence electrons. The van der Waals surface area contributed by atoms with Crippen molar-refractivity contribution in [3.05, 3.63) is 41.3 Å². The minimum Gasteiger partial charge on any atom is -0.366 e. The average molecular weight is 448 g/mol. The maximum Gasteiger partial charge on any atom is 0.243 e. The van der Waals surface area contributed by atoms with Crippen LogP contribution in [0.15, 0.2) is 45.5 Å². The van der Waals surface area contributed by atoms with E-state index in [-0.39, 0.29) is 18.6 Å². The van der Waals surface area contributed by atoms with Crippen molar-refractivity contribution in [2.24, 2.45) is 5.92 Å². The molecule has 1 saturated carbocycles. The van der Waals surface area contributed by atoms with Crippen LogP contribution in [0.4, 0.5) is 5.13 Å². The van der Waals surface area contributed by atoms with Gasteiger partial charge >= 0.3 is 0 Å². The molecular formula is C22H29N3O3S2. The number of nitrogens with one attached hydrogen (secondary N) is 2. The van der Waals surface area contributed by atoms with Crippen LogP contribution in [0.2, 0.25) is 0 Å². The molecule has 0 spiro atoms. The lowest BCUT2D eigenvalue weighted by Gasteiger charge is -2.16. The summed E-state index contributed by atoms with van der Waals surface area (Å²) >= 11 is 3.11. The minimum absolute atomic E-state index is 0.0583. The second kappa shape index (κ2) is 10.1. The van der Waals surface area contributed by atoms with Crippen LogP contribution in [0.5, 0.6) is 0 Å². The first-order chi connectivity index (χ1) is 14.6. The van der Waals surface area contributed by atoms with E-state index in [0.29, 0.717) is 5.75 Å². The Balaban J connectivity index is 1.29. The van der Waals surface area contributed by atoms with Crippen LogP contribution < -0.4 is 10.6 Å². The number of amides is 1. The number of nitrogens with zero attached hydrogens (tertiary/aromatic N) is 1. The van der Waals surface area contributed by atoms with Gasteiger partial charge in [-0.05, 0) is 37.3 Å². The zero-order chi connectivity index (χ0) is 20.9. The number of aromatic nitrogens is 1. The van der Waals surface area contributed by atoms with Gasteiger partial charge in [0.05, 0.1) is 17.0 Å². The molecule has 1 saturated heterocycles. The van der Waals surface area contributed by atoms with Crippen LogP contribution in [-0.2, 0) is 9.53 Å². The van der Waals surface area contributed by atoms with E-state index in [2.05, 4.69) is 34.7 Å². The summed E-state index contributed by atoms with van der Waals surface area (Å²) in [6.45, 7) is 2.28. The molecule has 0 bridgehead atoms. The highest BCUT2D eigenvalue weighted by Crippen LogP contribution is 2.34. The number of epoxide rings is 1. The molecule has 2 fully saturated rings. The molecular weight excluding hydrogens is 418 g/mol. The van der Waals surface area contributed by atoms with E-state index in [9.17, 15) is 9.90 Å². The summed E-state index contributed by atoms with van der Waals surface area (Å²) in [5.74, 6) is 1.40. The predicted octanol–water partition coefficient (Wildman–Crippen LogP) is 4.22. The highest BCUT2D eigenvalue weighted by Gasteiger charge is 2.36. The lowest BCUT2D eigenvalue weighted by atomic mass is 9.94. The summed E-state index contributed by atoms with van der Waals surface area (Å²) in [4.78, 5) is 16.9. The Morgan fingerprint density at radius 1 is 1.37 bits per heavy atom. The highest BCUT2D eigenvalue weighted by molar-refractivity contribution is 8.01. The fraction of sp³-hybridized carbons (Fsp3) is 0.545. The molecule has 1 amide bonds. The third kappa shape index (κ3) is 6.20. The molecule has 2 aliphatic carbocycles. The first-order valence-electron chi connectivity index (χ1n) is 10.6. The van der Waals surface area contributed by atoms with Crippen LogP contribution in [-0.4, -0.2) is 40.7 Å². The van der Waals surface area contributed by atoms with Crippen molar-refractivity contribution in [3.63, 3.8) is 0 Å². The molecule has 2 unspecified atom stereocenters. The minimum atomic E-state index is -0.614. The van der Waals surface area contributed by atoms with Crippen LogP contribution in [0.3, 0.4) is 0 Å². The molecule has 1 aliphatic heterocycles. The van der Waals surface area contributed by atoms with Gasteiger partial charge in [0.15, 0.2) is 11.4 Å². The molecule has 4 rings (SSSR count). The molecule has 1 aromatic heterocycles. The largest absolute Gasteiger partial charge is 0.366 e. The van der Waals surface area contributed by atoms with Gasteiger partial charge in [-0.25, -0.2) is 4.98 Å². The number of hydrogen-bond acceptors (Lipinski definition) is 7. The first kappa shape index (κ1) is 21.6. The summed E-state index contributed by atoms with van der Waals surface area (Å²) < 4.78 is 6.04. The smallest absolute Gasteiger partial charge is 0.243 e. The van der Waals surface area contributed by atoms with E-state index in [1.165, 1.54) is 48.2 Å². The van der Waals surface area contributed by atoms with Gasteiger partial charge in [0.25, 0.3) is 0 Å². The quantitative estimate of drug-likeness (QED) is 0.388. The fourth-order valence-electron chi connectivity index (χ4n) is 3.86. The van der Waals surface area contributed by atoms with Crippen LogP contribution in [0.25, 0.3) is 0 Å². The van der Waals surface area contributed by atoms with Crippen molar-refractivity contribution in [2.45, 2.75) is 62.1 Å². The van der Waals surface area contributed by atoms with Gasteiger partial charge in [-0.2, -0.15) is 0 Å². The molecule has 2 heterocycles. The SMILES string of the molecule is CC1=CCC(CC2CCCC2)=C(NC(=O)CNc2ncc(SCC3OC3O)s2)C=C1. The van der Waals surface area contributed by atoms with Crippen molar-refractivity contribution in [3.8, 4) is 0 Å². The number of carbonyl (C=O) groups is 1. The summed E-state index contributed by atoms with van der Waals surface area (Å²) in [6.07, 6.45) is 14.7. The Hall–Kier alpha value is -1.61. The first-order valence-corrected chi connectivity index (χ1v) is 12.4. The number of rotatable bonds is 9. The van der Waals surface area contributed by atoms with Crippen LogP contribution in [0.1, 0.15) is 45.4 Å². The lowest BCUT2D eigenvalue weighted by Crippen LogP contribution is -2.29. The molecule has 0 aromatic carbocycles. The van der Waals surface area contributed by atoms with Crippen molar-refractivity contribution in [2.75, 3.05) is 17.6 Å². The van der Waals surface area contributed by atoms with Gasteiger partial charge in [0, 0.05) is 11.4 Å². The topological polar surface area (TPSA) is 86.8 Å². The Morgan fingerprint density at radius 2 is 2.17 bits per heavy atom. The number of thiazole rings is 1. The van der Waals surface area contributed by atoms with Gasteiger partial charge in [0.1, 0.15) is 6.10 Å². The lowest BCUT2D eigenvalue weighted by molar-refractivity contribution is -0.118. The number of ether oxygens (including phenoxy) is 1. The Morgan fingerprint density at radius 3 is 2.93 bits per heavy atom. The van der Waals surface area contributed by atoms with Crippen LogP contribution in [0, 0.1) is 5.92 Å². The number of allylic oxidation sites excluding steroid dienone is 5. The van der Waals surface area contributed by atoms with Gasteiger partial charge < -0.3 is 20.5 Å². The second-order valence-electron chi connectivity index (χ2n) is 8.12. The van der Waals surface area contributed by atoms with Gasteiger partial charge in [-0.1, -0.05) is 54.7 Å². The highest BCUT2D eigenvalue weighted by atomic mass is 32.2. The maximum atomic E-state index is 12.6. The molecule has 3 N–H and O–H groups in total. The van der Waals surface area contributed by atoms with E-state index in [1.54, 1.807) is 18.0 Å². The van der Waals surface area contributed by atoms with E-state index < -0.39 is 6.29 Å². The zero-order valence-electron chi connectivity index (χ0n) is 17.2. The summed E-state index contributed by atoms with van der Waals surface area (Å²) in [5.41, 5.74) is 3.53. The van der Waals surface area contributed by atoms with Crippen molar-refractivity contribution in [1.29, 1.82) is 0 Å². The average Bonchev–Trinajstić information content (AvgIpc) is 3.11. The van der Waals surface area contributed by atoms with E-state index in [1.807, 2.05) is 6.08 Å². The Labute approximate surface area is 185 Å². The number of thioether (sulfide) groups is 1. The summed E-state index contributed by atoms with van der Waals surface area (Å²) in [5, 5.41) is 16.2. The molecule has 30 heavy (non-hydrogen) atoms. The normalized spacial score (nSPS) is 24.0. The van der Waals surface area contributed by atoms with Crippen LogP contribution >= 0.6 is 23.1 Å². The molecule has 8 heteroatoms.